The number of rotatable bonds is 9. The summed E-state index contributed by atoms with van der Waals surface area (Å²) in [5.74, 6) is -0.449. The Bertz CT molecular complexity index is 1090. The maximum absolute atomic E-state index is 12.7. The van der Waals surface area contributed by atoms with Gasteiger partial charge < -0.3 is 5.32 Å². The molecule has 0 bridgehead atoms. The van der Waals surface area contributed by atoms with E-state index in [1.54, 1.807) is 0 Å². The average molecular weight is 435 g/mol. The molecule has 1 N–H and O–H groups in total. The fourth-order valence-corrected chi connectivity index (χ4v) is 4.49. The van der Waals surface area contributed by atoms with Crippen LogP contribution in [0.3, 0.4) is 0 Å². The van der Waals surface area contributed by atoms with Gasteiger partial charge in [-0.1, -0.05) is 12.2 Å². The number of nitrogens with one attached hydrogen (secondary N) is 1. The molecule has 0 aliphatic rings. The highest BCUT2D eigenvalue weighted by Gasteiger charge is 2.22. The van der Waals surface area contributed by atoms with Crippen LogP contribution in [0.5, 0.6) is 0 Å². The minimum Gasteiger partial charge on any atom is -0.322 e. The molecule has 9 heteroatoms. The zero-order chi connectivity index (χ0) is 21.7. The first kappa shape index (κ1) is 22.5. The molecule has 0 spiro atoms. The van der Waals surface area contributed by atoms with Gasteiger partial charge in [-0.25, -0.2) is 16.8 Å². The fraction of sp³-hybridized carbons (Fsp3) is 0.150. The molecule has 0 aliphatic carbocycles. The SMILES string of the molecule is C=CCN(CC=C)S(=O)(=O)c1ccc(C(=O)Nc2ccc(S(C)(=O)=O)cc2)cc1. The van der Waals surface area contributed by atoms with E-state index < -0.39 is 25.8 Å². The second-order valence-electron chi connectivity index (χ2n) is 6.17. The van der Waals surface area contributed by atoms with Crippen molar-refractivity contribution < 1.29 is 21.6 Å². The Kier molecular flexibility index (Phi) is 7.12. The molecule has 0 heterocycles. The molecule has 154 valence electrons. The summed E-state index contributed by atoms with van der Waals surface area (Å²) >= 11 is 0. The van der Waals surface area contributed by atoms with Crippen LogP contribution in [-0.4, -0.2) is 46.4 Å². The van der Waals surface area contributed by atoms with E-state index in [1.165, 1.54) is 65.0 Å². The van der Waals surface area contributed by atoms with E-state index in [1.807, 2.05) is 0 Å². The summed E-state index contributed by atoms with van der Waals surface area (Å²) in [6.07, 6.45) is 4.07. The number of carbonyl (C=O) groups excluding carboxylic acids is 1. The third-order valence-corrected chi connectivity index (χ3v) is 6.93. The zero-order valence-corrected chi connectivity index (χ0v) is 17.5. The third kappa shape index (κ3) is 5.63. The number of benzene rings is 2. The second-order valence-corrected chi connectivity index (χ2v) is 10.1. The number of hydrogen-bond acceptors (Lipinski definition) is 5. The Hall–Kier alpha value is -2.75. The zero-order valence-electron chi connectivity index (χ0n) is 15.9. The summed E-state index contributed by atoms with van der Waals surface area (Å²) in [5.41, 5.74) is 0.678. The van der Waals surface area contributed by atoms with Crippen molar-refractivity contribution >= 4 is 31.5 Å². The van der Waals surface area contributed by atoms with Gasteiger partial charge in [-0.15, -0.1) is 13.2 Å². The van der Waals surface area contributed by atoms with Crippen molar-refractivity contribution in [3.8, 4) is 0 Å². The molecule has 0 aliphatic heterocycles. The van der Waals surface area contributed by atoms with Crippen molar-refractivity contribution in [2.24, 2.45) is 0 Å². The molecule has 0 saturated heterocycles. The molecule has 0 aromatic heterocycles. The molecule has 0 radical (unpaired) electrons. The Balaban J connectivity index is 2.18. The van der Waals surface area contributed by atoms with Gasteiger partial charge in [0.05, 0.1) is 9.79 Å². The molecule has 2 aromatic rings. The average Bonchev–Trinajstić information content (AvgIpc) is 2.67. The van der Waals surface area contributed by atoms with Crippen molar-refractivity contribution in [2.75, 3.05) is 24.7 Å². The van der Waals surface area contributed by atoms with Crippen LogP contribution in [0.1, 0.15) is 10.4 Å². The number of anilines is 1. The summed E-state index contributed by atoms with van der Waals surface area (Å²) in [7, 11) is -7.06. The van der Waals surface area contributed by atoms with Gasteiger partial charge >= 0.3 is 0 Å². The lowest BCUT2D eigenvalue weighted by atomic mass is 10.2. The van der Waals surface area contributed by atoms with Crippen LogP contribution in [0.25, 0.3) is 0 Å². The molecule has 0 atom stereocenters. The van der Waals surface area contributed by atoms with Crippen LogP contribution >= 0.6 is 0 Å². The van der Waals surface area contributed by atoms with Gasteiger partial charge in [-0.2, -0.15) is 4.31 Å². The smallest absolute Gasteiger partial charge is 0.255 e. The predicted octanol–water partition coefficient (Wildman–Crippen LogP) is 2.71. The van der Waals surface area contributed by atoms with Gasteiger partial charge in [0.25, 0.3) is 5.91 Å². The quantitative estimate of drug-likeness (QED) is 0.612. The highest BCUT2D eigenvalue weighted by molar-refractivity contribution is 7.90. The van der Waals surface area contributed by atoms with Crippen molar-refractivity contribution in [1.29, 1.82) is 0 Å². The Morgan fingerprint density at radius 2 is 1.38 bits per heavy atom. The van der Waals surface area contributed by atoms with E-state index in [0.29, 0.717) is 5.69 Å². The summed E-state index contributed by atoms with van der Waals surface area (Å²) in [6, 6.07) is 11.3. The predicted molar refractivity (Wildman–Crippen MR) is 113 cm³/mol. The van der Waals surface area contributed by atoms with Crippen molar-refractivity contribution in [2.45, 2.75) is 9.79 Å². The number of amides is 1. The monoisotopic (exact) mass is 434 g/mol. The first-order valence-electron chi connectivity index (χ1n) is 8.53. The molecule has 1 amide bonds. The summed E-state index contributed by atoms with van der Waals surface area (Å²) in [6.45, 7) is 7.40. The highest BCUT2D eigenvalue weighted by Crippen LogP contribution is 2.18. The van der Waals surface area contributed by atoms with Crippen LogP contribution in [-0.2, 0) is 19.9 Å². The number of sulfonamides is 1. The van der Waals surface area contributed by atoms with E-state index in [4.69, 9.17) is 0 Å². The van der Waals surface area contributed by atoms with Crippen LogP contribution in [0.4, 0.5) is 5.69 Å². The summed E-state index contributed by atoms with van der Waals surface area (Å²) in [4.78, 5) is 12.6. The number of sulfone groups is 1. The second kappa shape index (κ2) is 9.17. The molecule has 0 saturated carbocycles. The van der Waals surface area contributed by atoms with Gasteiger partial charge in [0.1, 0.15) is 0 Å². The molecular formula is C20H22N2O5S2. The van der Waals surface area contributed by atoms with Gasteiger partial charge in [0.15, 0.2) is 9.84 Å². The van der Waals surface area contributed by atoms with Gasteiger partial charge in [-0.3, -0.25) is 4.79 Å². The maximum atomic E-state index is 12.7. The largest absolute Gasteiger partial charge is 0.322 e. The van der Waals surface area contributed by atoms with E-state index in [2.05, 4.69) is 18.5 Å². The first-order valence-corrected chi connectivity index (χ1v) is 11.9. The summed E-state index contributed by atoms with van der Waals surface area (Å²) < 4.78 is 49.5. The topological polar surface area (TPSA) is 101 Å². The van der Waals surface area contributed by atoms with Crippen molar-refractivity contribution in [3.63, 3.8) is 0 Å². The van der Waals surface area contributed by atoms with Crippen LogP contribution in [0.15, 0.2) is 83.6 Å². The lowest BCUT2D eigenvalue weighted by Crippen LogP contribution is -2.31. The maximum Gasteiger partial charge on any atom is 0.255 e. The molecule has 2 aromatic carbocycles. The molecule has 29 heavy (non-hydrogen) atoms. The van der Waals surface area contributed by atoms with Gasteiger partial charge in [-0.05, 0) is 48.5 Å². The van der Waals surface area contributed by atoms with Gasteiger partial charge in [0.2, 0.25) is 10.0 Å². The first-order chi connectivity index (χ1) is 13.6. The van der Waals surface area contributed by atoms with E-state index in [9.17, 15) is 21.6 Å². The van der Waals surface area contributed by atoms with Crippen molar-refractivity contribution in [3.05, 3.63) is 79.4 Å². The lowest BCUT2D eigenvalue weighted by Gasteiger charge is -2.19. The standard InChI is InChI=1S/C20H22N2O5S2/c1-4-14-22(15-5-2)29(26,27)19-10-6-16(7-11-19)20(23)21-17-8-12-18(13-9-17)28(3,24)25/h4-13H,1-2,14-15H2,3H3,(H,21,23). The Morgan fingerprint density at radius 1 is 0.897 bits per heavy atom. The number of carbonyl (C=O) groups is 1. The van der Waals surface area contributed by atoms with E-state index in [0.717, 1.165) is 6.26 Å². The van der Waals surface area contributed by atoms with Crippen LogP contribution in [0, 0.1) is 0 Å². The Labute approximate surface area is 171 Å². The van der Waals surface area contributed by atoms with Crippen LogP contribution < -0.4 is 5.32 Å². The number of hydrogen-bond donors (Lipinski definition) is 1. The van der Waals surface area contributed by atoms with E-state index in [-0.39, 0.29) is 28.4 Å². The van der Waals surface area contributed by atoms with Crippen molar-refractivity contribution in [1.82, 2.24) is 4.31 Å². The van der Waals surface area contributed by atoms with Gasteiger partial charge in [0, 0.05) is 30.6 Å². The minimum atomic E-state index is -3.74. The molecular weight excluding hydrogens is 412 g/mol. The minimum absolute atomic E-state index is 0.0512. The Morgan fingerprint density at radius 3 is 1.83 bits per heavy atom. The molecule has 0 unspecified atom stereocenters. The molecule has 2 rings (SSSR count). The highest BCUT2D eigenvalue weighted by atomic mass is 32.2. The normalized spacial score (nSPS) is 11.8. The number of nitrogens with zero attached hydrogens (tertiary/aromatic N) is 1. The van der Waals surface area contributed by atoms with E-state index >= 15 is 0 Å². The molecule has 7 nitrogen and oxygen atoms in total. The third-order valence-electron chi connectivity index (χ3n) is 3.96. The fourth-order valence-electron chi connectivity index (χ4n) is 2.47. The van der Waals surface area contributed by atoms with Crippen LogP contribution in [0.2, 0.25) is 0 Å². The lowest BCUT2D eigenvalue weighted by molar-refractivity contribution is 0.102. The summed E-state index contributed by atoms with van der Waals surface area (Å²) in [5, 5.41) is 2.64. The molecule has 0 fully saturated rings.